The van der Waals surface area contributed by atoms with Gasteiger partial charge in [0, 0.05) is 18.4 Å². The van der Waals surface area contributed by atoms with Crippen molar-refractivity contribution in [3.63, 3.8) is 0 Å². The molecule has 0 aromatic carbocycles. The van der Waals surface area contributed by atoms with Crippen molar-refractivity contribution in [2.45, 2.75) is 19.4 Å². The maximum absolute atomic E-state index is 5.79. The molecule has 1 unspecified atom stereocenters. The second-order valence-electron chi connectivity index (χ2n) is 3.39. The highest BCUT2D eigenvalue weighted by molar-refractivity contribution is 5.40. The third-order valence-corrected chi connectivity index (χ3v) is 2.23. The van der Waals surface area contributed by atoms with Gasteiger partial charge in [-0.2, -0.15) is 0 Å². The summed E-state index contributed by atoms with van der Waals surface area (Å²) in [6.45, 7) is 3.49. The smallest absolute Gasteiger partial charge is 0.128 e. The highest BCUT2D eigenvalue weighted by atomic mass is 16.5. The summed E-state index contributed by atoms with van der Waals surface area (Å²) in [5, 5.41) is 3.17. The average Bonchev–Trinajstić information content (AvgIpc) is 2.26. The molecule has 4 nitrogen and oxygen atoms in total. The first kappa shape index (κ1) is 11.9. The maximum atomic E-state index is 5.79. The molecule has 1 aromatic rings. The predicted molar refractivity (Wildman–Crippen MR) is 61.6 cm³/mol. The van der Waals surface area contributed by atoms with E-state index >= 15 is 0 Å². The Morgan fingerprint density at radius 3 is 3.00 bits per heavy atom. The normalized spacial score (nSPS) is 12.7. The summed E-state index contributed by atoms with van der Waals surface area (Å²) in [4.78, 5) is 4.06. The Labute approximate surface area is 90.8 Å². The fourth-order valence-corrected chi connectivity index (χ4v) is 1.40. The van der Waals surface area contributed by atoms with Gasteiger partial charge in [-0.1, -0.05) is 13.0 Å². The van der Waals surface area contributed by atoms with Crippen LogP contribution in [0.25, 0.3) is 0 Å². The van der Waals surface area contributed by atoms with E-state index in [0.29, 0.717) is 12.4 Å². The molecule has 0 aliphatic heterocycles. The molecule has 0 aliphatic rings. The number of anilines is 1. The monoisotopic (exact) mass is 209 g/mol. The molecular formula is C11H19N3O. The second-order valence-corrected chi connectivity index (χ2v) is 3.39. The number of nitrogens with zero attached hydrogens (tertiary/aromatic N) is 1. The molecule has 1 rings (SSSR count). The van der Waals surface area contributed by atoms with Gasteiger partial charge in [-0.15, -0.1) is 0 Å². The molecule has 15 heavy (non-hydrogen) atoms. The molecule has 3 N–H and O–H groups in total. The Kier molecular flexibility index (Phi) is 5.07. The van der Waals surface area contributed by atoms with Gasteiger partial charge in [-0.25, -0.2) is 4.98 Å². The van der Waals surface area contributed by atoms with Crippen LogP contribution in [0.15, 0.2) is 18.3 Å². The molecule has 0 amide bonds. The van der Waals surface area contributed by atoms with E-state index in [4.69, 9.17) is 10.5 Å². The van der Waals surface area contributed by atoms with Crippen molar-refractivity contribution in [1.82, 2.24) is 10.3 Å². The summed E-state index contributed by atoms with van der Waals surface area (Å²) in [6.07, 6.45) is 2.72. The second kappa shape index (κ2) is 6.37. The number of nitrogen functional groups attached to an aromatic ring is 1. The van der Waals surface area contributed by atoms with E-state index in [9.17, 15) is 0 Å². The van der Waals surface area contributed by atoms with E-state index in [1.165, 1.54) is 0 Å². The molecule has 0 saturated carbocycles. The van der Waals surface area contributed by atoms with E-state index in [2.05, 4.69) is 17.2 Å². The van der Waals surface area contributed by atoms with Crippen molar-refractivity contribution in [2.75, 3.05) is 26.0 Å². The Morgan fingerprint density at radius 2 is 2.40 bits per heavy atom. The molecule has 1 aromatic heterocycles. The molecule has 0 bridgehead atoms. The molecule has 0 spiro atoms. The van der Waals surface area contributed by atoms with Crippen LogP contribution in [0.5, 0.6) is 0 Å². The number of likely N-dealkylation sites (N-methyl/N-ethyl adjacent to an activating group) is 1. The Balaban J connectivity index is 2.61. The number of aromatic nitrogens is 1. The van der Waals surface area contributed by atoms with Gasteiger partial charge in [-0.05, 0) is 19.5 Å². The molecule has 0 aliphatic carbocycles. The van der Waals surface area contributed by atoms with Crippen molar-refractivity contribution < 1.29 is 4.74 Å². The standard InChI is InChI=1S/C11H19N3O/c1-3-7-15-8-10(13-2)9-5-4-6-14-11(9)12/h4-6,10,13H,3,7-8H2,1-2H3,(H2,12,14). The fraction of sp³-hybridized carbons (Fsp3) is 0.545. The molecule has 0 saturated heterocycles. The number of rotatable bonds is 6. The zero-order chi connectivity index (χ0) is 11.1. The van der Waals surface area contributed by atoms with E-state index in [1.54, 1.807) is 6.20 Å². The maximum Gasteiger partial charge on any atom is 0.128 e. The minimum absolute atomic E-state index is 0.116. The molecule has 1 heterocycles. The van der Waals surface area contributed by atoms with Gasteiger partial charge in [0.2, 0.25) is 0 Å². The van der Waals surface area contributed by atoms with Crippen LogP contribution in [0.3, 0.4) is 0 Å². The van der Waals surface area contributed by atoms with Crippen molar-refractivity contribution in [2.24, 2.45) is 0 Å². The van der Waals surface area contributed by atoms with E-state index < -0.39 is 0 Å². The minimum Gasteiger partial charge on any atom is -0.383 e. The molecule has 0 radical (unpaired) electrons. The van der Waals surface area contributed by atoms with Gasteiger partial charge in [0.1, 0.15) is 5.82 Å². The zero-order valence-electron chi connectivity index (χ0n) is 9.36. The summed E-state index contributed by atoms with van der Waals surface area (Å²) < 4.78 is 5.50. The first-order chi connectivity index (χ1) is 7.29. The first-order valence-electron chi connectivity index (χ1n) is 5.25. The molecular weight excluding hydrogens is 190 g/mol. The van der Waals surface area contributed by atoms with Gasteiger partial charge < -0.3 is 15.8 Å². The number of nitrogens with two attached hydrogens (primary N) is 1. The van der Waals surface area contributed by atoms with Crippen LogP contribution < -0.4 is 11.1 Å². The van der Waals surface area contributed by atoms with Gasteiger partial charge in [-0.3, -0.25) is 0 Å². The summed E-state index contributed by atoms with van der Waals surface area (Å²) >= 11 is 0. The van der Waals surface area contributed by atoms with E-state index in [-0.39, 0.29) is 6.04 Å². The first-order valence-corrected chi connectivity index (χ1v) is 5.25. The lowest BCUT2D eigenvalue weighted by Gasteiger charge is -2.17. The Hall–Kier alpha value is -1.13. The summed E-state index contributed by atoms with van der Waals surface area (Å²) in [5.74, 6) is 0.567. The number of pyridine rings is 1. The van der Waals surface area contributed by atoms with Crippen LogP contribution >= 0.6 is 0 Å². The lowest BCUT2D eigenvalue weighted by molar-refractivity contribution is 0.114. The van der Waals surface area contributed by atoms with Crippen molar-refractivity contribution in [1.29, 1.82) is 0 Å². The van der Waals surface area contributed by atoms with Gasteiger partial charge in [0.15, 0.2) is 0 Å². The van der Waals surface area contributed by atoms with Gasteiger partial charge in [0.05, 0.1) is 12.6 Å². The van der Waals surface area contributed by atoms with Gasteiger partial charge in [0.25, 0.3) is 0 Å². The highest BCUT2D eigenvalue weighted by Crippen LogP contribution is 2.17. The summed E-state index contributed by atoms with van der Waals surface area (Å²) in [7, 11) is 1.90. The fourth-order valence-electron chi connectivity index (χ4n) is 1.40. The van der Waals surface area contributed by atoms with Crippen molar-refractivity contribution >= 4 is 5.82 Å². The number of hydrogen-bond acceptors (Lipinski definition) is 4. The molecule has 4 heteroatoms. The highest BCUT2D eigenvalue weighted by Gasteiger charge is 2.12. The van der Waals surface area contributed by atoms with Crippen LogP contribution in [0, 0.1) is 0 Å². The van der Waals surface area contributed by atoms with Crippen LogP contribution in [0.1, 0.15) is 24.9 Å². The number of ether oxygens (including phenoxy) is 1. The predicted octanol–water partition coefficient (Wildman–Crippen LogP) is 1.35. The van der Waals surface area contributed by atoms with Crippen LogP contribution in [0.4, 0.5) is 5.82 Å². The minimum atomic E-state index is 0.116. The lowest BCUT2D eigenvalue weighted by atomic mass is 10.1. The van der Waals surface area contributed by atoms with Crippen LogP contribution in [0.2, 0.25) is 0 Å². The van der Waals surface area contributed by atoms with Crippen molar-refractivity contribution in [3.8, 4) is 0 Å². The van der Waals surface area contributed by atoms with E-state index in [0.717, 1.165) is 18.6 Å². The quantitative estimate of drug-likeness (QED) is 0.694. The average molecular weight is 209 g/mol. The number of hydrogen-bond donors (Lipinski definition) is 2. The third-order valence-electron chi connectivity index (χ3n) is 2.23. The molecule has 84 valence electrons. The Bertz CT molecular complexity index is 291. The van der Waals surface area contributed by atoms with Crippen LogP contribution in [-0.2, 0) is 4.74 Å². The molecule has 1 atom stereocenters. The molecule has 0 fully saturated rings. The summed E-state index contributed by atoms with van der Waals surface area (Å²) in [6, 6.07) is 3.97. The van der Waals surface area contributed by atoms with Crippen molar-refractivity contribution in [3.05, 3.63) is 23.9 Å². The zero-order valence-corrected chi connectivity index (χ0v) is 9.36. The lowest BCUT2D eigenvalue weighted by Crippen LogP contribution is -2.23. The third kappa shape index (κ3) is 3.49. The van der Waals surface area contributed by atoms with E-state index in [1.807, 2.05) is 19.2 Å². The van der Waals surface area contributed by atoms with Crippen LogP contribution in [-0.4, -0.2) is 25.2 Å². The topological polar surface area (TPSA) is 60.2 Å². The van der Waals surface area contributed by atoms with Gasteiger partial charge >= 0.3 is 0 Å². The number of nitrogens with one attached hydrogen (secondary N) is 1. The largest absolute Gasteiger partial charge is 0.383 e. The Morgan fingerprint density at radius 1 is 1.60 bits per heavy atom. The summed E-state index contributed by atoms with van der Waals surface area (Å²) in [5.41, 5.74) is 6.79. The SMILES string of the molecule is CCCOCC(NC)c1cccnc1N.